The molecule has 140 valence electrons. The molecular formula is C21H22N2O4. The largest absolute Gasteiger partial charge is 0.462 e. The predicted molar refractivity (Wildman–Crippen MR) is 105 cm³/mol. The van der Waals surface area contributed by atoms with Gasteiger partial charge in [0.05, 0.1) is 12.2 Å². The molecule has 2 aromatic carbocycles. The van der Waals surface area contributed by atoms with E-state index in [1.54, 1.807) is 54.6 Å². The second kappa shape index (κ2) is 9.91. The van der Waals surface area contributed by atoms with Gasteiger partial charge in [0, 0.05) is 24.4 Å². The molecule has 6 heteroatoms. The van der Waals surface area contributed by atoms with Crippen molar-refractivity contribution in [1.29, 1.82) is 0 Å². The van der Waals surface area contributed by atoms with E-state index in [0.717, 1.165) is 12.0 Å². The first-order valence-electron chi connectivity index (χ1n) is 8.62. The van der Waals surface area contributed by atoms with Crippen LogP contribution < -0.4 is 10.6 Å². The van der Waals surface area contributed by atoms with E-state index in [-0.39, 0.29) is 17.8 Å². The second-order valence-corrected chi connectivity index (χ2v) is 5.84. The fraction of sp³-hybridized carbons (Fsp3) is 0.190. The van der Waals surface area contributed by atoms with Crippen molar-refractivity contribution in [3.8, 4) is 0 Å². The summed E-state index contributed by atoms with van der Waals surface area (Å²) in [5, 5.41) is 5.40. The molecule has 0 saturated carbocycles. The molecule has 0 atom stereocenters. The molecule has 0 unspecified atom stereocenters. The van der Waals surface area contributed by atoms with Crippen LogP contribution in [-0.4, -0.2) is 24.4 Å². The Morgan fingerprint density at radius 2 is 1.52 bits per heavy atom. The number of ether oxygens (including phenoxy) is 1. The monoisotopic (exact) mass is 366 g/mol. The van der Waals surface area contributed by atoms with Crippen LogP contribution in [0.15, 0.2) is 54.6 Å². The first kappa shape index (κ1) is 19.9. The van der Waals surface area contributed by atoms with Gasteiger partial charge in [-0.3, -0.25) is 9.59 Å². The molecule has 0 aliphatic carbocycles. The molecule has 27 heavy (non-hydrogen) atoms. The Hall–Kier alpha value is -3.41. The summed E-state index contributed by atoms with van der Waals surface area (Å²) >= 11 is 0. The van der Waals surface area contributed by atoms with Gasteiger partial charge < -0.3 is 15.4 Å². The van der Waals surface area contributed by atoms with Gasteiger partial charge in [0.25, 0.3) is 0 Å². The predicted octanol–water partition coefficient (Wildman–Crippen LogP) is 3.86. The van der Waals surface area contributed by atoms with Crippen LogP contribution in [0.4, 0.5) is 11.4 Å². The van der Waals surface area contributed by atoms with Crippen LogP contribution in [0.3, 0.4) is 0 Å². The average molecular weight is 366 g/mol. The Morgan fingerprint density at radius 1 is 0.926 bits per heavy atom. The molecule has 0 saturated heterocycles. The van der Waals surface area contributed by atoms with Gasteiger partial charge in [-0.1, -0.05) is 19.1 Å². The molecule has 2 aromatic rings. The molecule has 2 amide bonds. The molecule has 0 heterocycles. The van der Waals surface area contributed by atoms with Crippen LogP contribution in [0.1, 0.15) is 36.2 Å². The third kappa shape index (κ3) is 6.78. The highest BCUT2D eigenvalue weighted by Gasteiger charge is 2.06. The van der Waals surface area contributed by atoms with Crippen LogP contribution in [0, 0.1) is 0 Å². The summed E-state index contributed by atoms with van der Waals surface area (Å²) in [4.78, 5) is 34.7. The first-order valence-corrected chi connectivity index (χ1v) is 8.62. The number of hydrogen-bond acceptors (Lipinski definition) is 4. The molecule has 0 aliphatic rings. The minimum atomic E-state index is -0.377. The number of rotatable bonds is 7. The fourth-order valence-corrected chi connectivity index (χ4v) is 2.20. The van der Waals surface area contributed by atoms with E-state index in [9.17, 15) is 14.4 Å². The van der Waals surface area contributed by atoms with Gasteiger partial charge >= 0.3 is 5.97 Å². The van der Waals surface area contributed by atoms with Gasteiger partial charge in [0.1, 0.15) is 0 Å². The molecule has 6 nitrogen and oxygen atoms in total. The van der Waals surface area contributed by atoms with E-state index in [2.05, 4.69) is 10.6 Å². The van der Waals surface area contributed by atoms with Gasteiger partial charge in [0.15, 0.2) is 0 Å². The molecule has 0 radical (unpaired) electrons. The Kier molecular flexibility index (Phi) is 7.31. The molecule has 0 spiro atoms. The molecule has 0 fully saturated rings. The smallest absolute Gasteiger partial charge is 0.338 e. The summed E-state index contributed by atoms with van der Waals surface area (Å²) in [5.41, 5.74) is 2.55. The number of carbonyl (C=O) groups excluding carboxylic acids is 3. The van der Waals surface area contributed by atoms with Gasteiger partial charge in [0.2, 0.25) is 11.8 Å². The number of nitrogens with one attached hydrogen (secondary N) is 2. The Morgan fingerprint density at radius 3 is 2.11 bits per heavy atom. The van der Waals surface area contributed by atoms with E-state index >= 15 is 0 Å². The zero-order valence-electron chi connectivity index (χ0n) is 15.3. The van der Waals surface area contributed by atoms with Crippen LogP contribution >= 0.6 is 0 Å². The molecule has 2 rings (SSSR count). The topological polar surface area (TPSA) is 84.5 Å². The zero-order valence-corrected chi connectivity index (χ0v) is 15.3. The van der Waals surface area contributed by atoms with E-state index in [1.165, 1.54) is 13.0 Å². The summed E-state index contributed by atoms with van der Waals surface area (Å²) in [7, 11) is 0. The van der Waals surface area contributed by atoms with Crippen molar-refractivity contribution >= 4 is 35.2 Å². The summed E-state index contributed by atoms with van der Waals surface area (Å²) in [6.45, 7) is 3.75. The van der Waals surface area contributed by atoms with Crippen molar-refractivity contribution in [2.75, 3.05) is 17.2 Å². The third-order valence-corrected chi connectivity index (χ3v) is 3.48. The SMILES string of the molecule is CCCOC(=O)c1ccc(NC(=O)/C=C/c2ccc(NC(C)=O)cc2)cc1. The lowest BCUT2D eigenvalue weighted by atomic mass is 10.2. The highest BCUT2D eigenvalue weighted by atomic mass is 16.5. The molecule has 2 N–H and O–H groups in total. The molecule has 0 aromatic heterocycles. The zero-order chi connectivity index (χ0) is 19.6. The van der Waals surface area contributed by atoms with Crippen LogP contribution in [0.5, 0.6) is 0 Å². The number of anilines is 2. The van der Waals surface area contributed by atoms with E-state index in [0.29, 0.717) is 23.5 Å². The van der Waals surface area contributed by atoms with Crippen molar-refractivity contribution in [2.24, 2.45) is 0 Å². The van der Waals surface area contributed by atoms with Crippen LogP contribution in [0.2, 0.25) is 0 Å². The first-order chi connectivity index (χ1) is 13.0. The molecular weight excluding hydrogens is 344 g/mol. The lowest BCUT2D eigenvalue weighted by molar-refractivity contribution is -0.114. The maximum atomic E-state index is 12.0. The van der Waals surface area contributed by atoms with Crippen LogP contribution in [-0.2, 0) is 14.3 Å². The number of amides is 2. The quantitative estimate of drug-likeness (QED) is 0.576. The van der Waals surface area contributed by atoms with Gasteiger partial charge in [-0.15, -0.1) is 0 Å². The number of benzene rings is 2. The van der Waals surface area contributed by atoms with Crippen molar-refractivity contribution in [3.63, 3.8) is 0 Å². The summed E-state index contributed by atoms with van der Waals surface area (Å²) < 4.78 is 5.05. The number of hydrogen-bond donors (Lipinski definition) is 2. The van der Waals surface area contributed by atoms with Crippen molar-refractivity contribution in [2.45, 2.75) is 20.3 Å². The fourth-order valence-electron chi connectivity index (χ4n) is 2.20. The van der Waals surface area contributed by atoms with Crippen molar-refractivity contribution in [1.82, 2.24) is 0 Å². The Balaban J connectivity index is 1.90. The van der Waals surface area contributed by atoms with E-state index in [4.69, 9.17) is 4.74 Å². The standard InChI is InChI=1S/C21H22N2O4/c1-3-14-27-21(26)17-7-11-19(12-8-17)23-20(25)13-6-16-4-9-18(10-5-16)22-15(2)24/h4-13H,3,14H2,1-2H3,(H,22,24)(H,23,25)/b13-6+. The van der Waals surface area contributed by atoms with Gasteiger partial charge in [-0.2, -0.15) is 0 Å². The third-order valence-electron chi connectivity index (χ3n) is 3.48. The highest BCUT2D eigenvalue weighted by Crippen LogP contribution is 2.13. The Labute approximate surface area is 158 Å². The molecule has 0 aliphatic heterocycles. The van der Waals surface area contributed by atoms with Crippen LogP contribution in [0.25, 0.3) is 6.08 Å². The summed E-state index contributed by atoms with van der Waals surface area (Å²) in [6.07, 6.45) is 3.85. The number of esters is 1. The lowest BCUT2D eigenvalue weighted by Gasteiger charge is -2.05. The normalized spacial score (nSPS) is 10.4. The minimum absolute atomic E-state index is 0.137. The summed E-state index contributed by atoms with van der Waals surface area (Å²) in [5.74, 6) is -0.804. The van der Waals surface area contributed by atoms with Crippen molar-refractivity contribution in [3.05, 3.63) is 65.7 Å². The summed E-state index contributed by atoms with van der Waals surface area (Å²) in [6, 6.07) is 13.6. The second-order valence-electron chi connectivity index (χ2n) is 5.84. The van der Waals surface area contributed by atoms with Crippen molar-refractivity contribution < 1.29 is 19.1 Å². The van der Waals surface area contributed by atoms with Gasteiger partial charge in [-0.25, -0.2) is 4.79 Å². The van der Waals surface area contributed by atoms with E-state index in [1.807, 2.05) is 6.92 Å². The lowest BCUT2D eigenvalue weighted by Crippen LogP contribution is -2.09. The maximum absolute atomic E-state index is 12.0. The van der Waals surface area contributed by atoms with Gasteiger partial charge in [-0.05, 0) is 54.5 Å². The highest BCUT2D eigenvalue weighted by molar-refractivity contribution is 6.02. The minimum Gasteiger partial charge on any atom is -0.462 e. The average Bonchev–Trinajstić information content (AvgIpc) is 2.65. The maximum Gasteiger partial charge on any atom is 0.338 e. The van der Waals surface area contributed by atoms with E-state index < -0.39 is 0 Å². The Bertz CT molecular complexity index is 824. The molecule has 0 bridgehead atoms. The number of carbonyl (C=O) groups is 3.